The Bertz CT molecular complexity index is 1340. The van der Waals surface area contributed by atoms with Crippen molar-refractivity contribution in [3.05, 3.63) is 64.1 Å². The average molecular weight is 527 g/mol. The van der Waals surface area contributed by atoms with Crippen molar-refractivity contribution in [2.75, 3.05) is 31.6 Å². The predicted molar refractivity (Wildman–Crippen MR) is 142 cm³/mol. The van der Waals surface area contributed by atoms with Crippen LogP contribution in [0.4, 0.5) is 10.5 Å². The number of aromatic nitrogens is 1. The Labute approximate surface area is 220 Å². The number of ether oxygens (including phenoxy) is 2. The fourth-order valence-electron chi connectivity index (χ4n) is 3.66. The van der Waals surface area contributed by atoms with Gasteiger partial charge in [0.2, 0.25) is 0 Å². The van der Waals surface area contributed by atoms with Gasteiger partial charge in [-0.05, 0) is 76.6 Å². The van der Waals surface area contributed by atoms with Crippen LogP contribution in [0, 0.1) is 0 Å². The highest BCUT2D eigenvalue weighted by Crippen LogP contribution is 2.18. The molecule has 1 heterocycles. The summed E-state index contributed by atoms with van der Waals surface area (Å²) in [6.07, 6.45) is 0.0604. The summed E-state index contributed by atoms with van der Waals surface area (Å²) in [5.41, 5.74) is 1.99. The highest BCUT2D eigenvalue weighted by atomic mass is 16.6. The molecule has 11 heteroatoms. The predicted octanol–water partition coefficient (Wildman–Crippen LogP) is 3.26. The normalized spacial score (nSPS) is 11.3. The largest absolute Gasteiger partial charge is 0.459 e. The second kappa shape index (κ2) is 12.9. The van der Waals surface area contributed by atoms with Gasteiger partial charge in [0.05, 0.1) is 25.2 Å². The van der Waals surface area contributed by atoms with Gasteiger partial charge < -0.3 is 24.5 Å². The Morgan fingerprint density at radius 2 is 1.84 bits per heavy atom. The van der Waals surface area contributed by atoms with Crippen molar-refractivity contribution >= 4 is 34.8 Å². The first kappa shape index (κ1) is 28.5. The molecule has 0 aliphatic carbocycles. The molecule has 0 saturated heterocycles. The van der Waals surface area contributed by atoms with Gasteiger partial charge in [0.15, 0.2) is 5.58 Å². The van der Waals surface area contributed by atoms with Crippen LogP contribution in [0.5, 0.6) is 0 Å². The minimum Gasteiger partial charge on any atom is -0.459 e. The van der Waals surface area contributed by atoms with Gasteiger partial charge >= 0.3 is 17.8 Å². The number of esters is 1. The van der Waals surface area contributed by atoms with E-state index in [0.29, 0.717) is 41.9 Å². The summed E-state index contributed by atoms with van der Waals surface area (Å²) in [5.74, 6) is -1.19. The van der Waals surface area contributed by atoms with Crippen LogP contribution < -0.4 is 21.7 Å². The highest BCUT2D eigenvalue weighted by molar-refractivity contribution is 5.97. The van der Waals surface area contributed by atoms with E-state index in [4.69, 9.17) is 13.9 Å². The molecular weight excluding hydrogens is 492 g/mol. The van der Waals surface area contributed by atoms with E-state index in [9.17, 15) is 19.2 Å². The third-order valence-electron chi connectivity index (χ3n) is 5.23. The summed E-state index contributed by atoms with van der Waals surface area (Å²) in [5, 5.41) is 8.44. The zero-order valence-electron chi connectivity index (χ0n) is 22.1. The number of carbonyl (C=O) groups excluding carboxylic acids is 3. The van der Waals surface area contributed by atoms with E-state index in [0.717, 1.165) is 5.56 Å². The van der Waals surface area contributed by atoms with Crippen molar-refractivity contribution in [1.82, 2.24) is 15.2 Å². The third-order valence-corrected chi connectivity index (χ3v) is 5.23. The second-order valence-corrected chi connectivity index (χ2v) is 9.56. The van der Waals surface area contributed by atoms with Gasteiger partial charge in [-0.1, -0.05) is 12.1 Å². The SMILES string of the molecule is CCOC(=O)Nc1cccc(Cn2c(=O)oc3cc(C(=O)NCCCNCC(=O)OC(C)(C)C)ccc32)c1. The zero-order chi connectivity index (χ0) is 27.7. The minimum absolute atomic E-state index is 0.101. The van der Waals surface area contributed by atoms with Crippen LogP contribution in [0.25, 0.3) is 11.1 Å². The first-order chi connectivity index (χ1) is 18.1. The lowest BCUT2D eigenvalue weighted by atomic mass is 10.1. The fourth-order valence-corrected chi connectivity index (χ4v) is 3.66. The quantitative estimate of drug-likeness (QED) is 0.255. The van der Waals surface area contributed by atoms with Gasteiger partial charge in [-0.3, -0.25) is 19.5 Å². The smallest absolute Gasteiger partial charge is 0.420 e. The first-order valence-electron chi connectivity index (χ1n) is 12.4. The van der Waals surface area contributed by atoms with E-state index in [1.54, 1.807) is 37.3 Å². The third kappa shape index (κ3) is 8.48. The van der Waals surface area contributed by atoms with Crippen molar-refractivity contribution in [2.24, 2.45) is 0 Å². The molecule has 38 heavy (non-hydrogen) atoms. The molecule has 0 radical (unpaired) electrons. The summed E-state index contributed by atoms with van der Waals surface area (Å²) in [6, 6.07) is 11.9. The number of nitrogens with one attached hydrogen (secondary N) is 3. The number of rotatable bonds is 11. The molecule has 0 atom stereocenters. The first-order valence-corrected chi connectivity index (χ1v) is 12.4. The molecule has 3 aromatic rings. The molecule has 0 saturated carbocycles. The van der Waals surface area contributed by atoms with Crippen LogP contribution in [0.15, 0.2) is 51.7 Å². The molecule has 2 amide bonds. The molecule has 204 valence electrons. The Kier molecular flexibility index (Phi) is 9.66. The molecule has 0 bridgehead atoms. The van der Waals surface area contributed by atoms with Gasteiger partial charge in [0.25, 0.3) is 5.91 Å². The molecule has 0 aliphatic rings. The minimum atomic E-state index is -0.558. The standard InChI is InChI=1S/C27H34N4O7/c1-5-36-25(34)30-20-9-6-8-18(14-20)17-31-21-11-10-19(15-22(21)37-26(31)35)24(33)29-13-7-12-28-16-23(32)38-27(2,3)4/h6,8-11,14-15,28H,5,7,12-13,16-17H2,1-4H3,(H,29,33)(H,30,34). The van der Waals surface area contributed by atoms with E-state index < -0.39 is 17.5 Å². The van der Waals surface area contributed by atoms with Crippen LogP contribution in [0.3, 0.4) is 0 Å². The second-order valence-electron chi connectivity index (χ2n) is 9.56. The molecule has 11 nitrogen and oxygen atoms in total. The van der Waals surface area contributed by atoms with E-state index in [1.165, 1.54) is 10.6 Å². The van der Waals surface area contributed by atoms with Crippen molar-refractivity contribution in [3.8, 4) is 0 Å². The summed E-state index contributed by atoms with van der Waals surface area (Å²) >= 11 is 0. The van der Waals surface area contributed by atoms with Crippen LogP contribution in [-0.2, 0) is 20.8 Å². The summed E-state index contributed by atoms with van der Waals surface area (Å²) < 4.78 is 17.0. The lowest BCUT2D eigenvalue weighted by Crippen LogP contribution is -2.33. The van der Waals surface area contributed by atoms with Crippen molar-refractivity contribution in [1.29, 1.82) is 0 Å². The number of carbonyl (C=O) groups is 3. The zero-order valence-corrected chi connectivity index (χ0v) is 22.1. The molecule has 3 N–H and O–H groups in total. The number of hydrogen-bond donors (Lipinski definition) is 3. The maximum absolute atomic E-state index is 12.6. The van der Waals surface area contributed by atoms with E-state index in [1.807, 2.05) is 26.8 Å². The maximum Gasteiger partial charge on any atom is 0.420 e. The molecule has 0 fully saturated rings. The van der Waals surface area contributed by atoms with Crippen molar-refractivity contribution < 1.29 is 28.3 Å². The molecule has 1 aromatic heterocycles. The van der Waals surface area contributed by atoms with E-state index >= 15 is 0 Å². The Morgan fingerprint density at radius 1 is 1.05 bits per heavy atom. The molecule has 0 unspecified atom stereocenters. The van der Waals surface area contributed by atoms with Gasteiger partial charge in [-0.2, -0.15) is 0 Å². The summed E-state index contributed by atoms with van der Waals surface area (Å²) in [6.45, 7) is 8.66. The van der Waals surface area contributed by atoms with Gasteiger partial charge in [-0.15, -0.1) is 0 Å². The molecule has 0 spiro atoms. The van der Waals surface area contributed by atoms with Gasteiger partial charge in [0, 0.05) is 17.8 Å². The Morgan fingerprint density at radius 3 is 2.58 bits per heavy atom. The number of benzene rings is 2. The summed E-state index contributed by atoms with van der Waals surface area (Å²) in [7, 11) is 0. The van der Waals surface area contributed by atoms with Crippen molar-refractivity contribution in [2.45, 2.75) is 46.3 Å². The number of fused-ring (bicyclic) bond motifs is 1. The van der Waals surface area contributed by atoms with Gasteiger partial charge in [0.1, 0.15) is 5.60 Å². The lowest BCUT2D eigenvalue weighted by Gasteiger charge is -2.19. The van der Waals surface area contributed by atoms with Crippen LogP contribution in [0.2, 0.25) is 0 Å². The number of anilines is 1. The molecular formula is C27H34N4O7. The maximum atomic E-state index is 12.6. The van der Waals surface area contributed by atoms with Gasteiger partial charge in [-0.25, -0.2) is 9.59 Å². The van der Waals surface area contributed by atoms with Crippen molar-refractivity contribution in [3.63, 3.8) is 0 Å². The van der Waals surface area contributed by atoms with E-state index in [2.05, 4.69) is 16.0 Å². The lowest BCUT2D eigenvalue weighted by molar-refractivity contribution is -0.153. The molecule has 3 rings (SSSR count). The van der Waals surface area contributed by atoms with E-state index in [-0.39, 0.29) is 31.6 Å². The molecule has 0 aliphatic heterocycles. The number of oxazole rings is 1. The molecule has 2 aromatic carbocycles. The topological polar surface area (TPSA) is 141 Å². The van der Waals surface area contributed by atoms with Crippen LogP contribution in [0.1, 0.15) is 50.0 Å². The number of nitrogens with zero attached hydrogens (tertiary/aromatic N) is 1. The number of hydrogen-bond acceptors (Lipinski definition) is 8. The summed E-state index contributed by atoms with van der Waals surface area (Å²) in [4.78, 5) is 48.5. The fraction of sp³-hybridized carbons (Fsp3) is 0.407. The number of amides is 2. The monoisotopic (exact) mass is 526 g/mol. The Hall–Kier alpha value is -4.12. The highest BCUT2D eigenvalue weighted by Gasteiger charge is 2.16. The Balaban J connectivity index is 1.55. The average Bonchev–Trinajstić information content (AvgIpc) is 3.14. The van der Waals surface area contributed by atoms with Crippen LogP contribution in [-0.4, -0.2) is 54.4 Å². The van der Waals surface area contributed by atoms with Crippen LogP contribution >= 0.6 is 0 Å².